The molecule has 1 fully saturated rings. The second-order valence-electron chi connectivity index (χ2n) is 10.0. The first-order valence-corrected chi connectivity index (χ1v) is 11.4. The fourth-order valence-electron chi connectivity index (χ4n) is 5.62. The highest BCUT2D eigenvalue weighted by Crippen LogP contribution is 2.51. The fraction of sp³-hybridized carbons (Fsp3) is 0.385. The Morgan fingerprint density at radius 3 is 2.66 bits per heavy atom. The summed E-state index contributed by atoms with van der Waals surface area (Å²) < 4.78 is 52.5. The minimum atomic E-state index is -2.38. The lowest BCUT2D eigenvalue weighted by Crippen LogP contribution is -2.31. The molecule has 1 aliphatic carbocycles. The smallest absolute Gasteiger partial charge is 0.341 e. The van der Waals surface area contributed by atoms with E-state index in [1.807, 2.05) is 18.4 Å². The Morgan fingerprint density at radius 2 is 2.03 bits per heavy atom. The Morgan fingerprint density at radius 1 is 1.31 bits per heavy atom. The number of ether oxygens (including phenoxy) is 1. The number of hydrogen-bond donors (Lipinski definition) is 2. The van der Waals surface area contributed by atoms with Crippen LogP contribution in [-0.4, -0.2) is 45.2 Å². The van der Waals surface area contributed by atoms with Crippen LogP contribution >= 0.6 is 0 Å². The van der Waals surface area contributed by atoms with E-state index in [-0.39, 0.29) is 36.8 Å². The lowest BCUT2D eigenvalue weighted by Gasteiger charge is -2.29. The summed E-state index contributed by atoms with van der Waals surface area (Å²) in [5.41, 5.74) is -0.488. The van der Waals surface area contributed by atoms with E-state index in [1.165, 1.54) is 18.3 Å². The van der Waals surface area contributed by atoms with Gasteiger partial charge in [-0.1, -0.05) is 13.8 Å². The molecular formula is C26H26F3N3O3. The van der Waals surface area contributed by atoms with Gasteiger partial charge in [-0.25, -0.2) is 18.0 Å². The highest BCUT2D eigenvalue weighted by Gasteiger charge is 2.49. The van der Waals surface area contributed by atoms with Gasteiger partial charge in [0.2, 0.25) is 5.67 Å². The maximum Gasteiger partial charge on any atom is 0.341 e. The Kier molecular flexibility index (Phi) is 5.43. The molecule has 0 saturated heterocycles. The number of fused-ring (bicyclic) bond motifs is 2. The molecule has 2 N–H and O–H groups in total. The lowest BCUT2D eigenvalue weighted by molar-refractivity contribution is -0.150. The first-order chi connectivity index (χ1) is 16.6. The molecule has 2 atom stereocenters. The molecule has 0 radical (unpaired) electrons. The number of aliphatic carboxylic acids is 1. The number of methoxy groups -OCH3 is 1. The summed E-state index contributed by atoms with van der Waals surface area (Å²) in [6.07, 6.45) is 1.35. The third kappa shape index (κ3) is 3.60. The molecule has 0 unspecified atom stereocenters. The summed E-state index contributed by atoms with van der Waals surface area (Å²) in [6.45, 7) is 4.15. The molecule has 6 nitrogen and oxygen atoms in total. The summed E-state index contributed by atoms with van der Waals surface area (Å²) >= 11 is 0. The van der Waals surface area contributed by atoms with E-state index in [9.17, 15) is 14.3 Å². The molecule has 184 valence electrons. The van der Waals surface area contributed by atoms with Gasteiger partial charge in [-0.2, -0.15) is 5.10 Å². The summed E-state index contributed by atoms with van der Waals surface area (Å²) in [7, 11) is 1.56. The molecule has 2 heterocycles. The van der Waals surface area contributed by atoms with E-state index in [0.717, 1.165) is 0 Å². The van der Waals surface area contributed by atoms with Crippen molar-refractivity contribution in [2.45, 2.75) is 50.1 Å². The Labute approximate surface area is 199 Å². The quantitative estimate of drug-likeness (QED) is 0.363. The van der Waals surface area contributed by atoms with Gasteiger partial charge in [0.15, 0.2) is 5.82 Å². The number of aromatic nitrogens is 3. The molecule has 1 saturated carbocycles. The van der Waals surface area contributed by atoms with Crippen LogP contribution in [0.4, 0.5) is 13.2 Å². The first kappa shape index (κ1) is 23.4. The van der Waals surface area contributed by atoms with E-state index in [2.05, 4.69) is 10.2 Å². The average molecular weight is 486 g/mol. The number of carboxylic acid groups (broad SMARTS) is 1. The highest BCUT2D eigenvalue weighted by molar-refractivity contribution is 6.00. The summed E-state index contributed by atoms with van der Waals surface area (Å²) in [4.78, 5) is 11.7. The molecule has 35 heavy (non-hydrogen) atoms. The summed E-state index contributed by atoms with van der Waals surface area (Å²) in [5, 5.41) is 17.0. The number of alkyl halides is 1. The molecular weight excluding hydrogens is 459 g/mol. The number of H-pyrrole nitrogens is 1. The number of nitrogens with zero attached hydrogens (tertiary/aromatic N) is 2. The lowest BCUT2D eigenvalue weighted by atomic mass is 9.81. The van der Waals surface area contributed by atoms with Gasteiger partial charge in [-0.05, 0) is 61.1 Å². The fourth-order valence-corrected chi connectivity index (χ4v) is 5.62. The predicted octanol–water partition coefficient (Wildman–Crippen LogP) is 5.77. The number of hydrogen-bond acceptors (Lipinski definition) is 3. The Balaban J connectivity index is 1.91. The van der Waals surface area contributed by atoms with Crippen molar-refractivity contribution in [3.05, 3.63) is 59.4 Å². The van der Waals surface area contributed by atoms with Gasteiger partial charge >= 0.3 is 5.97 Å². The molecule has 4 aromatic rings. The third-order valence-corrected chi connectivity index (χ3v) is 7.13. The minimum Gasteiger partial charge on any atom is -0.479 e. The maximum atomic E-state index is 16.1. The van der Waals surface area contributed by atoms with Gasteiger partial charge in [0.1, 0.15) is 11.3 Å². The monoisotopic (exact) mass is 485 g/mol. The number of nitrogens with one attached hydrogen (secondary N) is 1. The van der Waals surface area contributed by atoms with Crippen LogP contribution in [0.3, 0.4) is 0 Å². The zero-order valence-electron chi connectivity index (χ0n) is 19.7. The number of carboxylic acids is 1. The van der Waals surface area contributed by atoms with Crippen molar-refractivity contribution >= 4 is 27.8 Å². The van der Waals surface area contributed by atoms with Crippen LogP contribution in [0.15, 0.2) is 36.5 Å². The van der Waals surface area contributed by atoms with Crippen molar-refractivity contribution in [3.8, 4) is 5.69 Å². The van der Waals surface area contributed by atoms with Crippen molar-refractivity contribution < 1.29 is 27.8 Å². The SMILES string of the molecule is COCC(C)(C)c1c([C@@H]2CC[C@@](F)(C(=O)O)C2)c2c(F)c3[nH]ncc3cc2n1-c1ccc(F)cc1. The van der Waals surface area contributed by atoms with Gasteiger partial charge in [0.05, 0.1) is 18.3 Å². The van der Waals surface area contributed by atoms with Gasteiger partial charge in [0.25, 0.3) is 0 Å². The van der Waals surface area contributed by atoms with Crippen LogP contribution in [0.5, 0.6) is 0 Å². The predicted molar refractivity (Wildman–Crippen MR) is 126 cm³/mol. The van der Waals surface area contributed by atoms with E-state index in [0.29, 0.717) is 27.8 Å². The summed E-state index contributed by atoms with van der Waals surface area (Å²) in [5.74, 6) is -2.99. The van der Waals surface area contributed by atoms with E-state index in [4.69, 9.17) is 4.74 Å². The van der Waals surface area contributed by atoms with Crippen LogP contribution in [0.1, 0.15) is 50.3 Å². The molecule has 9 heteroatoms. The molecule has 0 aliphatic heterocycles. The Bertz CT molecular complexity index is 1440. The van der Waals surface area contributed by atoms with E-state index >= 15 is 8.78 Å². The van der Waals surface area contributed by atoms with Crippen molar-refractivity contribution in [2.24, 2.45) is 0 Å². The second-order valence-corrected chi connectivity index (χ2v) is 10.0. The average Bonchev–Trinajstić information content (AvgIpc) is 3.51. The molecule has 0 bridgehead atoms. The van der Waals surface area contributed by atoms with Crippen LogP contribution in [0.2, 0.25) is 0 Å². The highest BCUT2D eigenvalue weighted by atomic mass is 19.1. The van der Waals surface area contributed by atoms with Gasteiger partial charge in [-0.15, -0.1) is 0 Å². The zero-order valence-corrected chi connectivity index (χ0v) is 19.7. The van der Waals surface area contributed by atoms with Gasteiger partial charge in [0, 0.05) is 34.7 Å². The third-order valence-electron chi connectivity index (χ3n) is 7.13. The van der Waals surface area contributed by atoms with Gasteiger partial charge < -0.3 is 14.4 Å². The number of carbonyl (C=O) groups is 1. The van der Waals surface area contributed by atoms with Crippen molar-refractivity contribution in [1.29, 1.82) is 0 Å². The zero-order chi connectivity index (χ0) is 25.1. The molecule has 1 aliphatic rings. The molecule has 2 aromatic heterocycles. The number of benzene rings is 2. The van der Waals surface area contributed by atoms with Crippen LogP contribution in [0, 0.1) is 11.6 Å². The number of halogens is 3. The second kappa shape index (κ2) is 8.12. The largest absolute Gasteiger partial charge is 0.479 e. The van der Waals surface area contributed by atoms with Crippen LogP contribution < -0.4 is 0 Å². The molecule has 0 spiro atoms. The first-order valence-electron chi connectivity index (χ1n) is 11.4. The topological polar surface area (TPSA) is 80.1 Å². The van der Waals surface area contributed by atoms with Crippen molar-refractivity contribution in [3.63, 3.8) is 0 Å². The maximum absolute atomic E-state index is 16.1. The van der Waals surface area contributed by atoms with Crippen molar-refractivity contribution in [2.75, 3.05) is 13.7 Å². The van der Waals surface area contributed by atoms with Crippen LogP contribution in [-0.2, 0) is 14.9 Å². The Hall–Kier alpha value is -3.33. The van der Waals surface area contributed by atoms with E-state index in [1.54, 1.807) is 25.3 Å². The molecule has 5 rings (SSSR count). The van der Waals surface area contributed by atoms with Crippen molar-refractivity contribution in [1.82, 2.24) is 14.8 Å². The standard InChI is InChI=1S/C26H26F3N3O3/c1-25(2,13-35-3)23-19(14-8-9-26(29,11-14)24(33)34)20-18(10-15-12-30-31-22(15)21(20)28)32(23)17-6-4-16(27)5-7-17/h4-7,10,12,14H,8-9,11,13H2,1-3H3,(H,30,31)(H,33,34)/t14-,26+/m1/s1. The number of rotatable bonds is 6. The normalized spacial score (nSPS) is 20.8. The minimum absolute atomic E-state index is 0.158. The van der Waals surface area contributed by atoms with Gasteiger partial charge in [-0.3, -0.25) is 5.10 Å². The summed E-state index contributed by atoms with van der Waals surface area (Å²) in [6, 6.07) is 7.66. The number of aromatic amines is 1. The van der Waals surface area contributed by atoms with Crippen LogP contribution in [0.25, 0.3) is 27.5 Å². The van der Waals surface area contributed by atoms with E-state index < -0.39 is 34.6 Å². The molecule has 2 aromatic carbocycles. The molecule has 0 amide bonds.